The second-order valence-corrected chi connectivity index (χ2v) is 12.3. The normalized spacial score (nSPS) is 13.5. The summed E-state index contributed by atoms with van der Waals surface area (Å²) >= 11 is 0. The number of hydrogen-bond acceptors (Lipinski definition) is 5. The summed E-state index contributed by atoms with van der Waals surface area (Å²) in [6, 6.07) is 0. The molecule has 0 aliphatic heterocycles. The highest BCUT2D eigenvalue weighted by molar-refractivity contribution is 5.72. The fourth-order valence-electron chi connectivity index (χ4n) is 5.19. The molecule has 1 unspecified atom stereocenters. The predicted molar refractivity (Wildman–Crippen MR) is 186 cm³/mol. The van der Waals surface area contributed by atoms with E-state index in [9.17, 15) is 9.59 Å². The molecule has 44 heavy (non-hydrogen) atoms. The second kappa shape index (κ2) is 33.7. The summed E-state index contributed by atoms with van der Waals surface area (Å²) in [6.45, 7) is 6.53. The van der Waals surface area contributed by atoms with Gasteiger partial charge < -0.3 is 9.62 Å². The number of carbonyl (C=O) groups excluding carboxylic acids is 2. The summed E-state index contributed by atoms with van der Waals surface area (Å²) in [5.74, 6) is -1.50. The maximum Gasteiger partial charge on any atom is 0.345 e. The Hall–Kier alpha value is -2.14. The zero-order valence-corrected chi connectivity index (χ0v) is 28.8. The van der Waals surface area contributed by atoms with Gasteiger partial charge in [-0.15, -0.1) is 0 Å². The molecule has 0 aromatic heterocycles. The molecule has 254 valence electrons. The van der Waals surface area contributed by atoms with Crippen LogP contribution in [-0.2, 0) is 19.2 Å². The summed E-state index contributed by atoms with van der Waals surface area (Å²) in [4.78, 5) is 28.5. The SMILES string of the molecule is CCCCC/C=C\C/C=C\CCCCCCCC(=O)OCC(C)[C@H](CCCCCC/C=C\C/C=C\CCCCC)C(=O)OO. The van der Waals surface area contributed by atoms with Crippen LogP contribution in [0.5, 0.6) is 0 Å². The van der Waals surface area contributed by atoms with Gasteiger partial charge in [0, 0.05) is 12.3 Å². The molecule has 0 fully saturated rings. The maximum atomic E-state index is 12.2. The molecule has 0 aromatic rings. The molecule has 0 aliphatic carbocycles. The third-order valence-corrected chi connectivity index (χ3v) is 8.13. The lowest BCUT2D eigenvalue weighted by atomic mass is 9.89. The van der Waals surface area contributed by atoms with Crippen molar-refractivity contribution in [1.82, 2.24) is 0 Å². The van der Waals surface area contributed by atoms with Crippen molar-refractivity contribution in [1.29, 1.82) is 0 Å². The van der Waals surface area contributed by atoms with Gasteiger partial charge in [0.05, 0.1) is 12.5 Å². The lowest BCUT2D eigenvalue weighted by Crippen LogP contribution is -2.27. The Bertz CT molecular complexity index is 766. The van der Waals surface area contributed by atoms with Crippen LogP contribution in [-0.4, -0.2) is 23.8 Å². The lowest BCUT2D eigenvalue weighted by molar-refractivity contribution is -0.241. The average Bonchev–Trinajstić information content (AvgIpc) is 3.03. The van der Waals surface area contributed by atoms with Crippen LogP contribution in [0, 0.1) is 11.8 Å². The molecule has 0 spiro atoms. The van der Waals surface area contributed by atoms with E-state index in [0.29, 0.717) is 12.8 Å². The second-order valence-electron chi connectivity index (χ2n) is 12.3. The van der Waals surface area contributed by atoms with Gasteiger partial charge >= 0.3 is 11.9 Å². The van der Waals surface area contributed by atoms with Crippen molar-refractivity contribution < 1.29 is 24.5 Å². The largest absolute Gasteiger partial charge is 0.465 e. The Morgan fingerprint density at radius 3 is 1.50 bits per heavy atom. The molecular weight excluding hydrogens is 548 g/mol. The Morgan fingerprint density at radius 1 is 0.591 bits per heavy atom. The first-order valence-electron chi connectivity index (χ1n) is 18.2. The Morgan fingerprint density at radius 2 is 1.02 bits per heavy atom. The number of allylic oxidation sites excluding steroid dienone is 8. The Labute approximate surface area is 271 Å². The summed E-state index contributed by atoms with van der Waals surface area (Å²) in [5.41, 5.74) is 0. The molecule has 0 bridgehead atoms. The lowest BCUT2D eigenvalue weighted by Gasteiger charge is -2.20. The number of carbonyl (C=O) groups is 2. The summed E-state index contributed by atoms with van der Waals surface area (Å²) in [7, 11) is 0. The van der Waals surface area contributed by atoms with Crippen molar-refractivity contribution in [3.63, 3.8) is 0 Å². The quantitative estimate of drug-likeness (QED) is 0.0276. The summed E-state index contributed by atoms with van der Waals surface area (Å²) < 4.78 is 5.47. The fraction of sp³-hybridized carbons (Fsp3) is 0.744. The topological polar surface area (TPSA) is 72.8 Å². The monoisotopic (exact) mass is 617 g/mol. The van der Waals surface area contributed by atoms with E-state index in [1.165, 1.54) is 64.2 Å². The smallest absolute Gasteiger partial charge is 0.345 e. The third kappa shape index (κ3) is 28.6. The summed E-state index contributed by atoms with van der Waals surface area (Å²) in [6.07, 6.45) is 43.1. The molecule has 5 heteroatoms. The minimum atomic E-state index is -0.632. The van der Waals surface area contributed by atoms with Gasteiger partial charge in [-0.25, -0.2) is 4.79 Å². The van der Waals surface area contributed by atoms with E-state index < -0.39 is 11.9 Å². The van der Waals surface area contributed by atoms with Crippen LogP contribution < -0.4 is 0 Å². The Kier molecular flexibility index (Phi) is 32.1. The van der Waals surface area contributed by atoms with Crippen LogP contribution in [0.1, 0.15) is 168 Å². The molecule has 2 atom stereocenters. The van der Waals surface area contributed by atoms with Gasteiger partial charge in [0.15, 0.2) is 0 Å². The van der Waals surface area contributed by atoms with Crippen LogP contribution in [0.4, 0.5) is 0 Å². The van der Waals surface area contributed by atoms with Gasteiger partial charge in [0.2, 0.25) is 0 Å². The van der Waals surface area contributed by atoms with Crippen molar-refractivity contribution in [2.24, 2.45) is 11.8 Å². The first-order valence-corrected chi connectivity index (χ1v) is 18.2. The van der Waals surface area contributed by atoms with Crippen molar-refractivity contribution >= 4 is 11.9 Å². The molecule has 0 aromatic carbocycles. The first-order chi connectivity index (χ1) is 21.6. The van der Waals surface area contributed by atoms with Crippen molar-refractivity contribution in [2.45, 2.75) is 168 Å². The number of unbranched alkanes of at least 4 members (excludes halogenated alkanes) is 15. The molecule has 0 saturated carbocycles. The zero-order valence-electron chi connectivity index (χ0n) is 28.8. The van der Waals surface area contributed by atoms with E-state index in [4.69, 9.17) is 9.99 Å². The van der Waals surface area contributed by atoms with Crippen molar-refractivity contribution in [2.75, 3.05) is 6.61 Å². The van der Waals surface area contributed by atoms with Crippen LogP contribution in [0.2, 0.25) is 0 Å². The van der Waals surface area contributed by atoms with E-state index in [1.54, 1.807) is 0 Å². The van der Waals surface area contributed by atoms with Crippen LogP contribution in [0.25, 0.3) is 0 Å². The Balaban J connectivity index is 3.89. The highest BCUT2D eigenvalue weighted by Crippen LogP contribution is 2.22. The average molecular weight is 617 g/mol. The summed E-state index contributed by atoms with van der Waals surface area (Å²) in [5, 5.41) is 8.97. The minimum absolute atomic E-state index is 0.177. The molecule has 0 rings (SSSR count). The first kappa shape index (κ1) is 41.9. The number of ether oxygens (including phenoxy) is 1. The highest BCUT2D eigenvalue weighted by atomic mass is 17.1. The van der Waals surface area contributed by atoms with Gasteiger partial charge in [-0.2, -0.15) is 5.26 Å². The third-order valence-electron chi connectivity index (χ3n) is 8.13. The molecule has 0 radical (unpaired) electrons. The maximum absolute atomic E-state index is 12.2. The van der Waals surface area contributed by atoms with Crippen molar-refractivity contribution in [3.05, 3.63) is 48.6 Å². The molecule has 1 N–H and O–H groups in total. The fourth-order valence-corrected chi connectivity index (χ4v) is 5.19. The number of hydrogen-bond donors (Lipinski definition) is 1. The highest BCUT2D eigenvalue weighted by Gasteiger charge is 2.27. The zero-order chi connectivity index (χ0) is 32.4. The number of rotatable bonds is 31. The van der Waals surface area contributed by atoms with Gasteiger partial charge in [-0.1, -0.05) is 134 Å². The molecule has 0 aliphatic rings. The van der Waals surface area contributed by atoms with Gasteiger partial charge in [-0.05, 0) is 77.0 Å². The van der Waals surface area contributed by atoms with E-state index in [-0.39, 0.29) is 18.5 Å². The van der Waals surface area contributed by atoms with E-state index in [1.807, 2.05) is 6.92 Å². The predicted octanol–water partition coefficient (Wildman–Crippen LogP) is 12.0. The van der Waals surface area contributed by atoms with E-state index in [2.05, 4.69) is 67.3 Å². The van der Waals surface area contributed by atoms with E-state index >= 15 is 0 Å². The molecule has 5 nitrogen and oxygen atoms in total. The molecular formula is C39H68O5. The molecule has 0 saturated heterocycles. The van der Waals surface area contributed by atoms with Gasteiger partial charge in [0.25, 0.3) is 0 Å². The van der Waals surface area contributed by atoms with Crippen molar-refractivity contribution in [3.8, 4) is 0 Å². The van der Waals surface area contributed by atoms with Gasteiger partial charge in [0.1, 0.15) is 0 Å². The number of esters is 1. The van der Waals surface area contributed by atoms with Crippen LogP contribution >= 0.6 is 0 Å². The van der Waals surface area contributed by atoms with Crippen LogP contribution in [0.3, 0.4) is 0 Å². The van der Waals surface area contributed by atoms with Crippen LogP contribution in [0.15, 0.2) is 48.6 Å². The van der Waals surface area contributed by atoms with E-state index in [0.717, 1.165) is 70.6 Å². The standard InChI is InChI=1S/C39H68O5/c1-4-6-8-10-12-14-16-18-20-22-24-26-28-30-32-34-38(40)43-35-36(3)37(39(41)44-42)33-31-29-27-25-23-21-19-17-15-13-11-9-7-5-2/h12-15,18-21,36-37,42H,4-11,16-17,22-35H2,1-3H3/b14-12-,15-13-,20-18-,21-19-/t36?,37-/m0/s1. The molecule has 0 amide bonds. The molecule has 0 heterocycles. The minimum Gasteiger partial charge on any atom is -0.465 e. The van der Waals surface area contributed by atoms with Gasteiger partial charge in [-0.3, -0.25) is 4.79 Å².